The van der Waals surface area contributed by atoms with Crippen LogP contribution in [0, 0.1) is 12.8 Å². The zero-order valence-electron chi connectivity index (χ0n) is 18.0. The van der Waals surface area contributed by atoms with Gasteiger partial charge in [-0.15, -0.1) is 0 Å². The van der Waals surface area contributed by atoms with Crippen molar-refractivity contribution in [3.05, 3.63) is 65.2 Å². The summed E-state index contributed by atoms with van der Waals surface area (Å²) in [7, 11) is 0. The van der Waals surface area contributed by atoms with Crippen LogP contribution in [-0.2, 0) is 4.79 Å². The van der Waals surface area contributed by atoms with Gasteiger partial charge in [-0.05, 0) is 62.4 Å². The van der Waals surface area contributed by atoms with Crippen molar-refractivity contribution >= 4 is 11.8 Å². The van der Waals surface area contributed by atoms with Crippen LogP contribution < -0.4 is 15.4 Å². The third-order valence-corrected chi connectivity index (χ3v) is 4.75. The quantitative estimate of drug-likeness (QED) is 0.659. The zero-order chi connectivity index (χ0) is 21.4. The zero-order valence-corrected chi connectivity index (χ0v) is 18.0. The highest BCUT2D eigenvalue weighted by Gasteiger charge is 2.24. The Morgan fingerprint density at radius 2 is 1.72 bits per heavy atom. The summed E-state index contributed by atoms with van der Waals surface area (Å²) in [6, 6.07) is 14.3. The van der Waals surface area contributed by atoms with Crippen molar-refractivity contribution in [1.82, 2.24) is 10.6 Å². The predicted molar refractivity (Wildman–Crippen MR) is 116 cm³/mol. The Labute approximate surface area is 173 Å². The number of amides is 2. The molecule has 2 aromatic carbocycles. The summed E-state index contributed by atoms with van der Waals surface area (Å²) in [6.07, 6.45) is 0.565. The van der Waals surface area contributed by atoms with Crippen LogP contribution in [0.2, 0.25) is 0 Å². The van der Waals surface area contributed by atoms with Crippen LogP contribution in [0.4, 0.5) is 0 Å². The molecule has 0 saturated heterocycles. The van der Waals surface area contributed by atoms with Crippen molar-refractivity contribution in [2.75, 3.05) is 6.61 Å². The molecule has 2 rings (SSSR count). The van der Waals surface area contributed by atoms with Crippen molar-refractivity contribution in [3.63, 3.8) is 0 Å². The molecule has 2 unspecified atom stereocenters. The lowest BCUT2D eigenvalue weighted by Gasteiger charge is -2.23. The Balaban J connectivity index is 2.11. The molecule has 0 heterocycles. The van der Waals surface area contributed by atoms with Gasteiger partial charge in [0.1, 0.15) is 11.8 Å². The number of carbonyl (C=O) groups is 2. The van der Waals surface area contributed by atoms with Crippen LogP contribution in [0.25, 0.3) is 0 Å². The molecule has 0 aliphatic rings. The first-order valence-electron chi connectivity index (χ1n) is 10.2. The second-order valence-electron chi connectivity index (χ2n) is 7.71. The van der Waals surface area contributed by atoms with E-state index in [0.717, 1.165) is 16.9 Å². The summed E-state index contributed by atoms with van der Waals surface area (Å²) in [5.74, 6) is 0.627. The summed E-state index contributed by atoms with van der Waals surface area (Å²) in [4.78, 5) is 25.7. The SMILES string of the molecule is CCOc1cccc(C(C)NC(=O)C(CC(C)C)NC(=O)c2ccccc2C)c1. The molecule has 0 saturated carbocycles. The number of aryl methyl sites for hydroxylation is 1. The Morgan fingerprint density at radius 1 is 1.00 bits per heavy atom. The summed E-state index contributed by atoms with van der Waals surface area (Å²) >= 11 is 0. The van der Waals surface area contributed by atoms with Crippen molar-refractivity contribution in [1.29, 1.82) is 0 Å². The van der Waals surface area contributed by atoms with E-state index in [1.165, 1.54) is 0 Å². The predicted octanol–water partition coefficient (Wildman–Crippen LogP) is 4.42. The van der Waals surface area contributed by atoms with Crippen LogP contribution in [0.5, 0.6) is 5.75 Å². The van der Waals surface area contributed by atoms with Crippen LogP contribution in [0.3, 0.4) is 0 Å². The van der Waals surface area contributed by atoms with E-state index in [-0.39, 0.29) is 23.8 Å². The molecule has 5 nitrogen and oxygen atoms in total. The molecule has 0 aliphatic heterocycles. The largest absolute Gasteiger partial charge is 0.494 e. The minimum atomic E-state index is -0.598. The number of hydrogen-bond acceptors (Lipinski definition) is 3. The molecule has 0 fully saturated rings. The van der Waals surface area contributed by atoms with Gasteiger partial charge < -0.3 is 15.4 Å². The molecule has 0 radical (unpaired) electrons. The fourth-order valence-corrected chi connectivity index (χ4v) is 3.20. The summed E-state index contributed by atoms with van der Waals surface area (Å²) < 4.78 is 5.54. The maximum atomic E-state index is 13.0. The van der Waals surface area contributed by atoms with E-state index in [0.29, 0.717) is 18.6 Å². The van der Waals surface area contributed by atoms with Crippen LogP contribution in [-0.4, -0.2) is 24.5 Å². The van der Waals surface area contributed by atoms with Gasteiger partial charge in [0.15, 0.2) is 0 Å². The third kappa shape index (κ3) is 6.63. The van der Waals surface area contributed by atoms with E-state index >= 15 is 0 Å². The Bertz CT molecular complexity index is 832. The molecule has 5 heteroatoms. The highest BCUT2D eigenvalue weighted by atomic mass is 16.5. The van der Waals surface area contributed by atoms with Gasteiger partial charge in [-0.2, -0.15) is 0 Å². The van der Waals surface area contributed by atoms with Crippen molar-refractivity contribution in [3.8, 4) is 5.75 Å². The van der Waals surface area contributed by atoms with Crippen LogP contribution in [0.15, 0.2) is 48.5 Å². The van der Waals surface area contributed by atoms with E-state index in [1.807, 2.05) is 77.1 Å². The van der Waals surface area contributed by atoms with Crippen molar-refractivity contribution in [2.45, 2.75) is 53.1 Å². The first kappa shape index (κ1) is 22.5. The smallest absolute Gasteiger partial charge is 0.252 e. The van der Waals surface area contributed by atoms with Crippen LogP contribution in [0.1, 0.15) is 61.6 Å². The number of carbonyl (C=O) groups excluding carboxylic acids is 2. The van der Waals surface area contributed by atoms with E-state index in [2.05, 4.69) is 10.6 Å². The first-order chi connectivity index (χ1) is 13.8. The lowest BCUT2D eigenvalue weighted by atomic mass is 10.0. The van der Waals surface area contributed by atoms with Gasteiger partial charge in [-0.1, -0.05) is 44.2 Å². The highest BCUT2D eigenvalue weighted by Crippen LogP contribution is 2.20. The standard InChI is InChI=1S/C24H32N2O3/c1-6-29-20-12-9-11-19(15-20)18(5)25-24(28)22(14-16(2)3)26-23(27)21-13-8-7-10-17(21)4/h7-13,15-16,18,22H,6,14H2,1-5H3,(H,25,28)(H,26,27). The van der Waals surface area contributed by atoms with Gasteiger partial charge in [-0.25, -0.2) is 0 Å². The molecule has 0 aromatic heterocycles. The van der Waals surface area contributed by atoms with Crippen LogP contribution >= 0.6 is 0 Å². The number of hydrogen-bond donors (Lipinski definition) is 2. The molecule has 2 aromatic rings. The molecule has 156 valence electrons. The number of benzene rings is 2. The Morgan fingerprint density at radius 3 is 2.38 bits per heavy atom. The topological polar surface area (TPSA) is 67.4 Å². The minimum absolute atomic E-state index is 0.185. The lowest BCUT2D eigenvalue weighted by Crippen LogP contribution is -2.48. The minimum Gasteiger partial charge on any atom is -0.494 e. The molecule has 2 N–H and O–H groups in total. The van der Waals surface area contributed by atoms with E-state index in [9.17, 15) is 9.59 Å². The summed E-state index contributed by atoms with van der Waals surface area (Å²) in [6.45, 7) is 10.4. The van der Waals surface area contributed by atoms with Gasteiger partial charge in [0.25, 0.3) is 5.91 Å². The molecule has 29 heavy (non-hydrogen) atoms. The molecular formula is C24H32N2O3. The average molecular weight is 397 g/mol. The molecule has 0 bridgehead atoms. The van der Waals surface area contributed by atoms with Gasteiger partial charge in [0, 0.05) is 5.56 Å². The molecule has 2 amide bonds. The fraction of sp³-hybridized carbons (Fsp3) is 0.417. The Hall–Kier alpha value is -2.82. The monoisotopic (exact) mass is 396 g/mol. The number of ether oxygens (including phenoxy) is 1. The lowest BCUT2D eigenvalue weighted by molar-refractivity contribution is -0.124. The van der Waals surface area contributed by atoms with Gasteiger partial charge in [0.2, 0.25) is 5.91 Å². The van der Waals surface area contributed by atoms with E-state index < -0.39 is 6.04 Å². The second kappa shape index (κ2) is 10.6. The van der Waals surface area contributed by atoms with Gasteiger partial charge >= 0.3 is 0 Å². The number of nitrogens with one attached hydrogen (secondary N) is 2. The highest BCUT2D eigenvalue weighted by molar-refractivity contribution is 5.98. The maximum Gasteiger partial charge on any atom is 0.252 e. The maximum absolute atomic E-state index is 13.0. The molecule has 2 atom stereocenters. The van der Waals surface area contributed by atoms with E-state index in [4.69, 9.17) is 4.74 Å². The number of rotatable bonds is 9. The first-order valence-corrected chi connectivity index (χ1v) is 10.2. The normalized spacial score (nSPS) is 12.9. The molecule has 0 spiro atoms. The molecule has 0 aliphatic carbocycles. The summed E-state index contributed by atoms with van der Waals surface area (Å²) in [5, 5.41) is 5.95. The van der Waals surface area contributed by atoms with Crippen molar-refractivity contribution < 1.29 is 14.3 Å². The molecular weight excluding hydrogens is 364 g/mol. The fourth-order valence-electron chi connectivity index (χ4n) is 3.20. The Kier molecular flexibility index (Phi) is 8.25. The second-order valence-corrected chi connectivity index (χ2v) is 7.71. The summed E-state index contributed by atoms with van der Waals surface area (Å²) in [5.41, 5.74) is 2.43. The van der Waals surface area contributed by atoms with Gasteiger partial charge in [-0.3, -0.25) is 9.59 Å². The van der Waals surface area contributed by atoms with E-state index in [1.54, 1.807) is 6.07 Å². The van der Waals surface area contributed by atoms with Gasteiger partial charge in [0.05, 0.1) is 12.6 Å². The average Bonchev–Trinajstić information content (AvgIpc) is 2.67. The third-order valence-electron chi connectivity index (χ3n) is 4.75. The van der Waals surface area contributed by atoms with Crippen molar-refractivity contribution in [2.24, 2.45) is 5.92 Å².